The minimum absolute atomic E-state index is 0.390. The van der Waals surface area contributed by atoms with Crippen LogP contribution in [0.5, 0.6) is 0 Å². The number of hydrogen-bond acceptors (Lipinski definition) is 3. The third kappa shape index (κ3) is 16.2. The highest BCUT2D eigenvalue weighted by Crippen LogP contribution is 2.12. The Bertz CT molecular complexity index is 289. The second kappa shape index (κ2) is 18.7. The van der Waals surface area contributed by atoms with Crippen LogP contribution in [0.2, 0.25) is 0 Å². The summed E-state index contributed by atoms with van der Waals surface area (Å²) in [6.07, 6.45) is 21.1. The average Bonchev–Trinajstić information content (AvgIpc) is 2.60. The van der Waals surface area contributed by atoms with Crippen LogP contribution in [0.15, 0.2) is 12.2 Å². The summed E-state index contributed by atoms with van der Waals surface area (Å²) >= 11 is 0. The van der Waals surface area contributed by atoms with Gasteiger partial charge in [0.25, 0.3) is 0 Å². The molecule has 24 heavy (non-hydrogen) atoms. The van der Waals surface area contributed by atoms with Gasteiger partial charge in [-0.15, -0.1) is 0 Å². The molecule has 2 unspecified atom stereocenters. The highest BCUT2D eigenvalue weighted by Gasteiger charge is 2.13. The Labute approximate surface area is 149 Å². The Morgan fingerprint density at radius 3 is 1.67 bits per heavy atom. The van der Waals surface area contributed by atoms with E-state index in [1.54, 1.807) is 0 Å². The monoisotopic (exact) mass is 340 g/mol. The number of rotatable bonds is 18. The van der Waals surface area contributed by atoms with Gasteiger partial charge in [0.1, 0.15) is 6.10 Å². The summed E-state index contributed by atoms with van der Waals surface area (Å²) < 4.78 is 0. The van der Waals surface area contributed by atoms with Crippen molar-refractivity contribution in [2.75, 3.05) is 0 Å². The topological polar surface area (TPSA) is 57.5 Å². The lowest BCUT2D eigenvalue weighted by molar-refractivity contribution is -0.120. The summed E-state index contributed by atoms with van der Waals surface area (Å²) in [7, 11) is 0. The first-order valence-electron chi connectivity index (χ1n) is 10.2. The Kier molecular flexibility index (Phi) is 18.1. The lowest BCUT2D eigenvalue weighted by atomic mass is 10.0. The molecule has 0 aromatic carbocycles. The van der Waals surface area contributed by atoms with Crippen LogP contribution >= 0.6 is 0 Å². The van der Waals surface area contributed by atoms with E-state index >= 15 is 0 Å². The smallest absolute Gasteiger partial charge is 0.151 e. The van der Waals surface area contributed by atoms with Gasteiger partial charge in [-0.3, -0.25) is 0 Å². The molecule has 0 rings (SSSR count). The van der Waals surface area contributed by atoms with Gasteiger partial charge in [0, 0.05) is 0 Å². The van der Waals surface area contributed by atoms with Crippen LogP contribution < -0.4 is 0 Å². The molecule has 0 amide bonds. The molecular weight excluding hydrogens is 300 g/mol. The predicted octanol–water partition coefficient (Wildman–Crippen LogP) is 5.33. The zero-order valence-corrected chi connectivity index (χ0v) is 15.8. The van der Waals surface area contributed by atoms with E-state index in [1.165, 1.54) is 77.0 Å². The molecule has 3 heteroatoms. The number of aliphatic hydroxyl groups excluding tert-OH is 2. The predicted molar refractivity (Wildman–Crippen MR) is 102 cm³/mol. The first kappa shape index (κ1) is 23.3. The van der Waals surface area contributed by atoms with Crippen LogP contribution in [-0.4, -0.2) is 28.7 Å². The van der Waals surface area contributed by atoms with Crippen LogP contribution in [0, 0.1) is 0 Å². The molecule has 0 aliphatic carbocycles. The SMILES string of the molecule is CCCCCCCCCCCCCCC=CCCC(O)C(O)C=O. The number of aldehydes is 1. The molecule has 0 bridgehead atoms. The lowest BCUT2D eigenvalue weighted by Gasteiger charge is -2.10. The highest BCUT2D eigenvalue weighted by atomic mass is 16.3. The third-order valence-electron chi connectivity index (χ3n) is 4.55. The molecule has 0 fully saturated rings. The summed E-state index contributed by atoms with van der Waals surface area (Å²) in [5.74, 6) is 0. The van der Waals surface area contributed by atoms with Gasteiger partial charge in [-0.2, -0.15) is 0 Å². The van der Waals surface area contributed by atoms with E-state index in [-0.39, 0.29) is 0 Å². The van der Waals surface area contributed by atoms with Crippen LogP contribution in [-0.2, 0) is 4.79 Å². The Hall–Kier alpha value is -0.670. The molecule has 3 nitrogen and oxygen atoms in total. The zero-order chi connectivity index (χ0) is 17.9. The van der Waals surface area contributed by atoms with Crippen molar-refractivity contribution in [3.63, 3.8) is 0 Å². The second-order valence-corrected chi connectivity index (χ2v) is 6.92. The Morgan fingerprint density at radius 1 is 0.708 bits per heavy atom. The van der Waals surface area contributed by atoms with E-state index < -0.39 is 12.2 Å². The standard InChI is InChI=1S/C21H40O3/c1-2-3-4-5-6-7-8-9-10-11-12-13-14-15-16-17-18-20(23)21(24)19-22/h15-16,19-21,23-24H,2-14,17-18H2,1H3. The van der Waals surface area contributed by atoms with Crippen LogP contribution in [0.25, 0.3) is 0 Å². The van der Waals surface area contributed by atoms with Gasteiger partial charge >= 0.3 is 0 Å². The Morgan fingerprint density at radius 2 is 1.17 bits per heavy atom. The molecule has 0 aromatic rings. The van der Waals surface area contributed by atoms with Crippen molar-refractivity contribution in [2.24, 2.45) is 0 Å². The first-order valence-corrected chi connectivity index (χ1v) is 10.2. The van der Waals surface area contributed by atoms with Crippen LogP contribution in [0.1, 0.15) is 103 Å². The number of allylic oxidation sites excluding steroid dienone is 2. The van der Waals surface area contributed by atoms with Crippen LogP contribution in [0.3, 0.4) is 0 Å². The van der Waals surface area contributed by atoms with E-state index in [2.05, 4.69) is 13.0 Å². The number of carbonyl (C=O) groups excluding carboxylic acids is 1. The summed E-state index contributed by atoms with van der Waals surface area (Å²) in [5.41, 5.74) is 0. The van der Waals surface area contributed by atoms with Gasteiger partial charge in [-0.25, -0.2) is 0 Å². The first-order chi connectivity index (χ1) is 11.7. The van der Waals surface area contributed by atoms with Crippen molar-refractivity contribution in [1.82, 2.24) is 0 Å². The van der Waals surface area contributed by atoms with Crippen molar-refractivity contribution in [1.29, 1.82) is 0 Å². The minimum Gasteiger partial charge on any atom is -0.390 e. The molecule has 0 radical (unpaired) electrons. The molecule has 142 valence electrons. The molecule has 0 aliphatic rings. The van der Waals surface area contributed by atoms with E-state index in [0.717, 1.165) is 6.42 Å². The molecular formula is C21H40O3. The van der Waals surface area contributed by atoms with Crippen molar-refractivity contribution in [3.8, 4) is 0 Å². The lowest BCUT2D eigenvalue weighted by Crippen LogP contribution is -2.26. The van der Waals surface area contributed by atoms with Crippen molar-refractivity contribution in [2.45, 2.75) is 115 Å². The number of hydrogen-bond donors (Lipinski definition) is 2. The summed E-state index contributed by atoms with van der Waals surface area (Å²) in [5, 5.41) is 18.5. The van der Waals surface area contributed by atoms with E-state index in [1.807, 2.05) is 6.08 Å². The fourth-order valence-electron chi connectivity index (χ4n) is 2.87. The molecule has 0 heterocycles. The average molecular weight is 341 g/mol. The summed E-state index contributed by atoms with van der Waals surface area (Å²) in [6.45, 7) is 2.27. The largest absolute Gasteiger partial charge is 0.390 e. The van der Waals surface area contributed by atoms with Crippen LogP contribution in [0.4, 0.5) is 0 Å². The second-order valence-electron chi connectivity index (χ2n) is 6.92. The quantitative estimate of drug-likeness (QED) is 0.201. The summed E-state index contributed by atoms with van der Waals surface area (Å²) in [6, 6.07) is 0. The van der Waals surface area contributed by atoms with Crippen molar-refractivity contribution >= 4 is 6.29 Å². The molecule has 0 aliphatic heterocycles. The molecule has 2 N–H and O–H groups in total. The maximum Gasteiger partial charge on any atom is 0.151 e. The van der Waals surface area contributed by atoms with Gasteiger partial charge in [-0.1, -0.05) is 89.7 Å². The van der Waals surface area contributed by atoms with Gasteiger partial charge < -0.3 is 15.0 Å². The zero-order valence-electron chi connectivity index (χ0n) is 15.8. The number of unbranched alkanes of at least 4 members (excludes halogenated alkanes) is 12. The fourth-order valence-corrected chi connectivity index (χ4v) is 2.87. The van der Waals surface area contributed by atoms with Crippen molar-refractivity contribution < 1.29 is 15.0 Å². The molecule has 0 saturated heterocycles. The highest BCUT2D eigenvalue weighted by molar-refractivity contribution is 5.56. The number of carbonyl (C=O) groups is 1. The van der Waals surface area contributed by atoms with E-state index in [9.17, 15) is 9.90 Å². The number of aliphatic hydroxyl groups is 2. The Balaban J connectivity index is 3.19. The molecule has 0 spiro atoms. The maximum atomic E-state index is 10.3. The summed E-state index contributed by atoms with van der Waals surface area (Å²) in [4.78, 5) is 10.3. The normalized spacial score (nSPS) is 14.1. The molecule has 0 aromatic heterocycles. The third-order valence-corrected chi connectivity index (χ3v) is 4.55. The fraction of sp³-hybridized carbons (Fsp3) is 0.857. The van der Waals surface area contributed by atoms with E-state index in [4.69, 9.17) is 5.11 Å². The van der Waals surface area contributed by atoms with Gasteiger partial charge in [0.05, 0.1) is 6.10 Å². The van der Waals surface area contributed by atoms with Gasteiger partial charge in [0.15, 0.2) is 6.29 Å². The van der Waals surface area contributed by atoms with Gasteiger partial charge in [-0.05, 0) is 25.7 Å². The van der Waals surface area contributed by atoms with Crippen molar-refractivity contribution in [3.05, 3.63) is 12.2 Å². The van der Waals surface area contributed by atoms with Gasteiger partial charge in [0.2, 0.25) is 0 Å². The maximum absolute atomic E-state index is 10.3. The minimum atomic E-state index is -1.24. The van der Waals surface area contributed by atoms with E-state index in [0.29, 0.717) is 19.1 Å². The molecule has 0 saturated carbocycles. The molecule has 2 atom stereocenters.